The summed E-state index contributed by atoms with van der Waals surface area (Å²) in [7, 11) is 2.95. The molecule has 0 radical (unpaired) electrons. The average molecular weight is 444 g/mol. The van der Waals surface area contributed by atoms with Gasteiger partial charge in [-0.25, -0.2) is 0 Å². The molecule has 0 saturated heterocycles. The number of rotatable bonds is 11. The van der Waals surface area contributed by atoms with E-state index in [2.05, 4.69) is 16.0 Å². The lowest BCUT2D eigenvalue weighted by Gasteiger charge is -2.15. The third-order valence-electron chi connectivity index (χ3n) is 4.46. The summed E-state index contributed by atoms with van der Waals surface area (Å²) in [4.78, 5) is 36.7. The van der Waals surface area contributed by atoms with Crippen LogP contribution in [0.15, 0.2) is 42.5 Å². The zero-order chi connectivity index (χ0) is 23.5. The van der Waals surface area contributed by atoms with Gasteiger partial charge < -0.3 is 30.2 Å². The first-order valence-electron chi connectivity index (χ1n) is 10.2. The van der Waals surface area contributed by atoms with E-state index in [0.29, 0.717) is 29.3 Å². The number of benzene rings is 2. The topological polar surface area (TPSA) is 115 Å². The lowest BCUT2D eigenvalue weighted by atomic mass is 10.1. The lowest BCUT2D eigenvalue weighted by molar-refractivity contribution is -0.122. The minimum absolute atomic E-state index is 0.256. The minimum Gasteiger partial charge on any atom is -0.495 e. The number of carbonyl (C=O) groups is 3. The molecule has 0 aliphatic rings. The van der Waals surface area contributed by atoms with Crippen molar-refractivity contribution in [2.75, 3.05) is 32.7 Å². The minimum atomic E-state index is -0.686. The van der Waals surface area contributed by atoms with E-state index in [0.717, 1.165) is 6.42 Å². The monoisotopic (exact) mass is 443 g/mol. The molecular formula is C23H29N3O6. The van der Waals surface area contributed by atoms with Crippen LogP contribution in [0.4, 0.5) is 5.69 Å². The zero-order valence-corrected chi connectivity index (χ0v) is 18.7. The normalized spacial score (nSPS) is 11.1. The smallest absolute Gasteiger partial charge is 0.262 e. The Hall–Kier alpha value is -3.75. The van der Waals surface area contributed by atoms with Gasteiger partial charge in [-0.2, -0.15) is 0 Å². The van der Waals surface area contributed by atoms with Crippen molar-refractivity contribution in [1.29, 1.82) is 0 Å². The Bertz CT molecular complexity index is 947. The Kier molecular flexibility index (Phi) is 9.34. The highest BCUT2D eigenvalue weighted by molar-refractivity contribution is 5.98. The van der Waals surface area contributed by atoms with Gasteiger partial charge in [0.25, 0.3) is 11.8 Å². The first-order chi connectivity index (χ1) is 15.4. The summed E-state index contributed by atoms with van der Waals surface area (Å²) < 4.78 is 16.1. The van der Waals surface area contributed by atoms with Gasteiger partial charge in [-0.05, 0) is 43.7 Å². The number of hydrogen-bond donors (Lipinski definition) is 3. The van der Waals surface area contributed by atoms with Gasteiger partial charge in [-0.1, -0.05) is 19.1 Å². The summed E-state index contributed by atoms with van der Waals surface area (Å²) in [6.45, 7) is 3.83. The third-order valence-corrected chi connectivity index (χ3v) is 4.46. The molecule has 0 aliphatic heterocycles. The van der Waals surface area contributed by atoms with Crippen LogP contribution in [0.3, 0.4) is 0 Å². The highest BCUT2D eigenvalue weighted by Crippen LogP contribution is 2.28. The van der Waals surface area contributed by atoms with Crippen LogP contribution in [0.25, 0.3) is 0 Å². The summed E-state index contributed by atoms with van der Waals surface area (Å²) in [5, 5.41) is 8.08. The largest absolute Gasteiger partial charge is 0.495 e. The van der Waals surface area contributed by atoms with Crippen molar-refractivity contribution in [2.24, 2.45) is 0 Å². The van der Waals surface area contributed by atoms with E-state index in [1.165, 1.54) is 32.4 Å². The van der Waals surface area contributed by atoms with Crippen molar-refractivity contribution in [3.05, 3.63) is 48.0 Å². The fourth-order valence-electron chi connectivity index (χ4n) is 2.75. The molecule has 0 bridgehead atoms. The van der Waals surface area contributed by atoms with Crippen molar-refractivity contribution < 1.29 is 28.6 Å². The molecule has 2 rings (SSSR count). The lowest BCUT2D eigenvalue weighted by Crippen LogP contribution is -2.45. The number of carbonyl (C=O) groups excluding carboxylic acids is 3. The molecule has 2 aromatic rings. The van der Waals surface area contributed by atoms with Gasteiger partial charge in [0.15, 0.2) is 18.1 Å². The molecule has 1 unspecified atom stereocenters. The molecule has 3 amide bonds. The molecule has 0 fully saturated rings. The van der Waals surface area contributed by atoms with Crippen LogP contribution in [0.1, 0.15) is 30.6 Å². The molecule has 9 heteroatoms. The SMILES string of the molecule is CCCNC(=O)C(C)NC(=O)c1ccc(OCC(=O)Nc2ccccc2OC)c(OC)c1. The van der Waals surface area contributed by atoms with Gasteiger partial charge in [0.1, 0.15) is 11.8 Å². The Morgan fingerprint density at radius 1 is 0.969 bits per heavy atom. The molecule has 3 N–H and O–H groups in total. The third kappa shape index (κ3) is 6.90. The van der Waals surface area contributed by atoms with E-state index < -0.39 is 11.9 Å². The fourth-order valence-corrected chi connectivity index (χ4v) is 2.75. The van der Waals surface area contributed by atoms with Gasteiger partial charge in [-0.3, -0.25) is 14.4 Å². The predicted molar refractivity (Wildman–Crippen MR) is 120 cm³/mol. The van der Waals surface area contributed by atoms with Crippen molar-refractivity contribution >= 4 is 23.4 Å². The molecule has 0 saturated carbocycles. The summed E-state index contributed by atoms with van der Waals surface area (Å²) in [6.07, 6.45) is 0.808. The molecule has 2 aromatic carbocycles. The summed E-state index contributed by atoms with van der Waals surface area (Å²) in [6, 6.07) is 10.9. The second-order valence-electron chi connectivity index (χ2n) is 6.89. The highest BCUT2D eigenvalue weighted by atomic mass is 16.5. The van der Waals surface area contributed by atoms with Gasteiger partial charge >= 0.3 is 0 Å². The van der Waals surface area contributed by atoms with Gasteiger partial charge in [0.05, 0.1) is 19.9 Å². The van der Waals surface area contributed by atoms with Gasteiger partial charge in [-0.15, -0.1) is 0 Å². The maximum absolute atomic E-state index is 12.5. The van der Waals surface area contributed by atoms with E-state index in [1.807, 2.05) is 6.92 Å². The van der Waals surface area contributed by atoms with Gasteiger partial charge in [0.2, 0.25) is 5.91 Å². The summed E-state index contributed by atoms with van der Waals surface area (Å²) in [5.41, 5.74) is 0.822. The molecule has 9 nitrogen and oxygen atoms in total. The van der Waals surface area contributed by atoms with E-state index in [4.69, 9.17) is 14.2 Å². The van der Waals surface area contributed by atoms with Crippen molar-refractivity contribution in [3.63, 3.8) is 0 Å². The molecule has 0 aliphatic carbocycles. The second-order valence-corrected chi connectivity index (χ2v) is 6.89. The number of nitrogens with one attached hydrogen (secondary N) is 3. The summed E-state index contributed by atoms with van der Waals surface area (Å²) >= 11 is 0. The van der Waals surface area contributed by atoms with Crippen LogP contribution in [-0.4, -0.2) is 51.1 Å². The molecule has 0 aromatic heterocycles. The Labute approximate surface area is 187 Å². The zero-order valence-electron chi connectivity index (χ0n) is 18.7. The van der Waals surface area contributed by atoms with Crippen LogP contribution in [0, 0.1) is 0 Å². The maximum Gasteiger partial charge on any atom is 0.262 e. The maximum atomic E-state index is 12.5. The van der Waals surface area contributed by atoms with Crippen molar-refractivity contribution in [1.82, 2.24) is 10.6 Å². The van der Waals surface area contributed by atoms with Crippen LogP contribution in [0.5, 0.6) is 17.2 Å². The van der Waals surface area contributed by atoms with E-state index >= 15 is 0 Å². The second kappa shape index (κ2) is 12.2. The van der Waals surface area contributed by atoms with Crippen molar-refractivity contribution in [2.45, 2.75) is 26.3 Å². The number of hydrogen-bond acceptors (Lipinski definition) is 6. The quantitative estimate of drug-likeness (QED) is 0.491. The molecule has 32 heavy (non-hydrogen) atoms. The van der Waals surface area contributed by atoms with Crippen LogP contribution in [0.2, 0.25) is 0 Å². The van der Waals surface area contributed by atoms with E-state index in [1.54, 1.807) is 31.2 Å². The predicted octanol–water partition coefficient (Wildman–Crippen LogP) is 2.37. The number of methoxy groups -OCH3 is 2. The number of amides is 3. The Balaban J connectivity index is 1.98. The van der Waals surface area contributed by atoms with E-state index in [-0.39, 0.29) is 24.2 Å². The molecule has 1 atom stereocenters. The van der Waals surface area contributed by atoms with Crippen LogP contribution in [-0.2, 0) is 9.59 Å². The average Bonchev–Trinajstić information content (AvgIpc) is 2.81. The Morgan fingerprint density at radius 2 is 1.69 bits per heavy atom. The first-order valence-corrected chi connectivity index (χ1v) is 10.2. The number of ether oxygens (including phenoxy) is 3. The van der Waals surface area contributed by atoms with Crippen LogP contribution < -0.4 is 30.2 Å². The molecule has 0 heterocycles. The van der Waals surface area contributed by atoms with Crippen molar-refractivity contribution in [3.8, 4) is 17.2 Å². The number of anilines is 1. The number of para-hydroxylation sites is 2. The molecular weight excluding hydrogens is 414 g/mol. The fraction of sp³-hybridized carbons (Fsp3) is 0.348. The van der Waals surface area contributed by atoms with Crippen LogP contribution >= 0.6 is 0 Å². The standard InChI is InChI=1S/C23H29N3O6/c1-5-12-24-22(28)15(2)25-23(29)16-10-11-19(20(13-16)31-4)32-14-21(27)26-17-8-6-7-9-18(17)30-3/h6-11,13,15H,5,12,14H2,1-4H3,(H,24,28)(H,25,29)(H,26,27). The van der Waals surface area contributed by atoms with Gasteiger partial charge in [0, 0.05) is 12.1 Å². The highest BCUT2D eigenvalue weighted by Gasteiger charge is 2.18. The Morgan fingerprint density at radius 3 is 2.38 bits per heavy atom. The molecule has 172 valence electrons. The first kappa shape index (κ1) is 24.5. The molecule has 0 spiro atoms. The van der Waals surface area contributed by atoms with E-state index in [9.17, 15) is 14.4 Å². The summed E-state index contributed by atoms with van der Waals surface area (Å²) in [5.74, 6) is 0.0478.